The van der Waals surface area contributed by atoms with E-state index in [9.17, 15) is 19.8 Å². The Labute approximate surface area is 360 Å². The summed E-state index contributed by atoms with van der Waals surface area (Å²) in [7, 11) is 0. The fraction of sp³-hybridized carbons (Fsp3) is 0.708. The Hall–Kier alpha value is -3.58. The van der Waals surface area contributed by atoms with E-state index in [1.165, 1.54) is 77.0 Å². The van der Waals surface area contributed by atoms with Crippen LogP contribution in [-0.4, -0.2) is 110 Å². The number of rotatable bonds is 24. The van der Waals surface area contributed by atoms with Crippen LogP contribution in [0.5, 0.6) is 23.0 Å². The van der Waals surface area contributed by atoms with Crippen molar-refractivity contribution in [3.63, 3.8) is 0 Å². The van der Waals surface area contributed by atoms with Gasteiger partial charge in [0.1, 0.15) is 38.6 Å². The van der Waals surface area contributed by atoms with Gasteiger partial charge in [0.05, 0.1) is 12.1 Å². The van der Waals surface area contributed by atoms with Crippen LogP contribution in [-0.2, 0) is 9.59 Å². The molecule has 12 heteroatoms. The fourth-order valence-corrected chi connectivity index (χ4v) is 8.58. The maximum atomic E-state index is 12.6. The van der Waals surface area contributed by atoms with Crippen LogP contribution in [0, 0.1) is 0 Å². The monoisotopic (exact) mass is 837 g/mol. The third-order valence-corrected chi connectivity index (χ3v) is 12.1. The van der Waals surface area contributed by atoms with E-state index < -0.39 is 12.2 Å². The van der Waals surface area contributed by atoms with Gasteiger partial charge < -0.3 is 49.6 Å². The van der Waals surface area contributed by atoms with Gasteiger partial charge in [-0.2, -0.15) is 0 Å². The number of hydrogen-bond acceptors (Lipinski definition) is 10. The molecule has 2 amide bonds. The summed E-state index contributed by atoms with van der Waals surface area (Å²) >= 11 is 0. The van der Waals surface area contributed by atoms with E-state index in [0.717, 1.165) is 63.0 Å². The van der Waals surface area contributed by atoms with Gasteiger partial charge in [-0.1, -0.05) is 90.2 Å². The van der Waals surface area contributed by atoms with Crippen LogP contribution in [0.2, 0.25) is 0 Å². The molecule has 4 N–H and O–H groups in total. The molecule has 0 spiro atoms. The summed E-state index contributed by atoms with van der Waals surface area (Å²) in [6.45, 7) is 12.0. The van der Waals surface area contributed by atoms with Crippen molar-refractivity contribution in [2.24, 2.45) is 0 Å². The smallest absolute Gasteiger partial charge is 0.220 e. The molecule has 0 aromatic heterocycles. The number of likely N-dealkylation sites (tertiary alicyclic amines) is 2. The average molecular weight is 837 g/mol. The lowest BCUT2D eigenvalue weighted by Gasteiger charge is -2.29. The number of hydrogen-bond donors (Lipinski definition) is 4. The molecule has 4 atom stereocenters. The van der Waals surface area contributed by atoms with Gasteiger partial charge >= 0.3 is 0 Å². The number of aliphatic hydroxyl groups is 2. The average Bonchev–Trinajstić information content (AvgIpc) is 4.00. The molecule has 0 unspecified atom stereocenters. The SMILES string of the molecule is CCCCCCCCC(=O)N[C@H](CN1CCCC1)[C@H](O)c1ccc2c(c1)OCCO2.CCCCCCCCC(=O)N[C@H](CN1CCCC1)[C@H](O)c1ccc2c(c1)OCCO2. The molecule has 0 radical (unpaired) electrons. The highest BCUT2D eigenvalue weighted by Crippen LogP contribution is 2.35. The van der Waals surface area contributed by atoms with Gasteiger partial charge in [-0.15, -0.1) is 0 Å². The van der Waals surface area contributed by atoms with Gasteiger partial charge in [-0.05, 0) is 100 Å². The summed E-state index contributed by atoms with van der Waals surface area (Å²) in [5, 5.41) is 28.5. The molecular weight excluding hydrogens is 761 g/mol. The molecule has 336 valence electrons. The van der Waals surface area contributed by atoms with Gasteiger partial charge in [-0.3, -0.25) is 9.59 Å². The molecule has 2 aromatic carbocycles. The van der Waals surface area contributed by atoms with Crippen LogP contribution in [0.3, 0.4) is 0 Å². The highest BCUT2D eigenvalue weighted by atomic mass is 16.6. The number of ether oxygens (including phenoxy) is 4. The molecule has 2 fully saturated rings. The minimum Gasteiger partial charge on any atom is -0.486 e. The van der Waals surface area contributed by atoms with Crippen molar-refractivity contribution in [3.05, 3.63) is 47.5 Å². The van der Waals surface area contributed by atoms with Crippen molar-refractivity contribution in [1.29, 1.82) is 0 Å². The van der Waals surface area contributed by atoms with Crippen molar-refractivity contribution in [3.8, 4) is 23.0 Å². The van der Waals surface area contributed by atoms with Crippen LogP contribution < -0.4 is 29.6 Å². The van der Waals surface area contributed by atoms with Crippen molar-refractivity contribution in [1.82, 2.24) is 20.4 Å². The maximum absolute atomic E-state index is 12.6. The van der Waals surface area contributed by atoms with Crippen molar-refractivity contribution >= 4 is 11.8 Å². The number of unbranched alkanes of at least 4 members (excludes halogenated alkanes) is 10. The van der Waals surface area contributed by atoms with E-state index >= 15 is 0 Å². The third kappa shape index (κ3) is 16.0. The van der Waals surface area contributed by atoms with E-state index in [-0.39, 0.29) is 23.9 Å². The molecule has 0 bridgehead atoms. The number of nitrogens with one attached hydrogen (secondary N) is 2. The number of carbonyl (C=O) groups excluding carboxylic acids is 2. The molecule has 4 heterocycles. The predicted molar refractivity (Wildman–Crippen MR) is 236 cm³/mol. The van der Waals surface area contributed by atoms with Crippen molar-refractivity contribution in [2.45, 2.75) is 154 Å². The summed E-state index contributed by atoms with van der Waals surface area (Å²) in [5.74, 6) is 2.81. The summed E-state index contributed by atoms with van der Waals surface area (Å²) in [4.78, 5) is 29.9. The van der Waals surface area contributed by atoms with Crippen LogP contribution in [0.1, 0.15) is 153 Å². The van der Waals surface area contributed by atoms with Crippen LogP contribution in [0.4, 0.5) is 0 Å². The highest BCUT2D eigenvalue weighted by Gasteiger charge is 2.29. The lowest BCUT2D eigenvalue weighted by Crippen LogP contribution is -2.46. The summed E-state index contributed by atoms with van der Waals surface area (Å²) in [5.41, 5.74) is 1.51. The number of fused-ring (bicyclic) bond motifs is 2. The molecule has 2 aromatic rings. The fourth-order valence-electron chi connectivity index (χ4n) is 8.58. The Morgan fingerprint density at radius 2 is 0.883 bits per heavy atom. The first-order valence-electron chi connectivity index (χ1n) is 23.5. The Morgan fingerprint density at radius 3 is 1.27 bits per heavy atom. The molecule has 6 rings (SSSR count). The lowest BCUT2D eigenvalue weighted by molar-refractivity contribution is -0.123. The van der Waals surface area contributed by atoms with Crippen LogP contribution >= 0.6 is 0 Å². The maximum Gasteiger partial charge on any atom is 0.220 e. The first-order valence-corrected chi connectivity index (χ1v) is 23.5. The van der Waals surface area contributed by atoms with Crippen LogP contribution in [0.15, 0.2) is 36.4 Å². The Morgan fingerprint density at radius 1 is 0.533 bits per heavy atom. The van der Waals surface area contributed by atoms with E-state index in [4.69, 9.17) is 18.9 Å². The summed E-state index contributed by atoms with van der Waals surface area (Å²) < 4.78 is 22.5. The van der Waals surface area contributed by atoms with Crippen LogP contribution in [0.25, 0.3) is 0 Å². The molecule has 12 nitrogen and oxygen atoms in total. The number of nitrogens with zero attached hydrogens (tertiary/aromatic N) is 2. The molecule has 60 heavy (non-hydrogen) atoms. The second kappa shape index (κ2) is 26.7. The standard InChI is InChI=1S/2C24H38N2O4/c2*1-2-3-4-5-6-7-10-23(27)25-20(18-26-13-8-9-14-26)24(28)19-11-12-21-22(17-19)30-16-15-29-21/h2*11-12,17,20,24,28H,2-10,13-16,18H2,1H3,(H,25,27)/t2*20-,24-/m11/s1. The number of aliphatic hydroxyl groups excluding tert-OH is 2. The van der Waals surface area contributed by atoms with Gasteiger partial charge in [0.15, 0.2) is 23.0 Å². The first kappa shape index (κ1) is 47.5. The lowest BCUT2D eigenvalue weighted by atomic mass is 10.0. The van der Waals surface area contributed by atoms with E-state index in [1.54, 1.807) is 0 Å². The molecule has 0 aliphatic carbocycles. The Balaban J connectivity index is 0.000000228. The zero-order chi connectivity index (χ0) is 42.4. The number of carbonyl (C=O) groups is 2. The Bertz CT molecular complexity index is 1430. The minimum absolute atomic E-state index is 0.0336. The number of amides is 2. The largest absolute Gasteiger partial charge is 0.486 e. The molecular formula is C48H76N4O8. The van der Waals surface area contributed by atoms with Gasteiger partial charge in [0.25, 0.3) is 0 Å². The molecule has 2 saturated heterocycles. The molecule has 0 saturated carbocycles. The number of benzene rings is 2. The van der Waals surface area contributed by atoms with E-state index in [2.05, 4.69) is 34.3 Å². The molecule has 4 aliphatic rings. The van der Waals surface area contributed by atoms with Crippen molar-refractivity contribution < 1.29 is 38.7 Å². The van der Waals surface area contributed by atoms with E-state index in [1.807, 2.05) is 36.4 Å². The van der Waals surface area contributed by atoms with Gasteiger partial charge in [-0.25, -0.2) is 0 Å². The molecule has 4 aliphatic heterocycles. The second-order valence-corrected chi connectivity index (χ2v) is 17.1. The van der Waals surface area contributed by atoms with E-state index in [0.29, 0.717) is 75.4 Å². The minimum atomic E-state index is -0.782. The Kier molecular flexibility index (Phi) is 21.1. The second-order valence-electron chi connectivity index (χ2n) is 17.1. The zero-order valence-corrected chi connectivity index (χ0v) is 36.8. The summed E-state index contributed by atoms with van der Waals surface area (Å²) in [6, 6.07) is 10.4. The normalized spacial score (nSPS) is 18.2. The predicted octanol–water partition coefficient (Wildman–Crippen LogP) is 7.64. The first-order chi connectivity index (χ1) is 29.3. The third-order valence-electron chi connectivity index (χ3n) is 12.1. The quantitative estimate of drug-likeness (QED) is 0.0780. The highest BCUT2D eigenvalue weighted by molar-refractivity contribution is 5.76. The zero-order valence-electron chi connectivity index (χ0n) is 36.8. The van der Waals surface area contributed by atoms with Crippen molar-refractivity contribution in [2.75, 3.05) is 65.7 Å². The topological polar surface area (TPSA) is 142 Å². The van der Waals surface area contributed by atoms with Gasteiger partial charge in [0, 0.05) is 25.9 Å². The summed E-state index contributed by atoms with van der Waals surface area (Å²) in [6.07, 6.45) is 18.1. The van der Waals surface area contributed by atoms with Gasteiger partial charge in [0.2, 0.25) is 11.8 Å².